The van der Waals surface area contributed by atoms with Gasteiger partial charge in [0, 0.05) is 0 Å². The van der Waals surface area contributed by atoms with Crippen molar-refractivity contribution < 1.29 is 19.8 Å². The molecule has 0 spiro atoms. The van der Waals surface area contributed by atoms with Crippen LogP contribution in [-0.2, 0) is 0 Å². The lowest BCUT2D eigenvalue weighted by molar-refractivity contribution is 0.0686. The fourth-order valence-electron chi connectivity index (χ4n) is 3.05. The van der Waals surface area contributed by atoms with Crippen LogP contribution in [0.5, 0.6) is 0 Å². The third kappa shape index (κ3) is 4.01. The molecule has 0 heterocycles. The number of fused-ring (bicyclic) bond motifs is 2. The van der Waals surface area contributed by atoms with E-state index in [1.54, 1.807) is 12.1 Å². The molecule has 4 aromatic rings. The smallest absolute Gasteiger partial charge is 0.335 e. The van der Waals surface area contributed by atoms with Crippen LogP contribution < -0.4 is 0 Å². The maximum absolute atomic E-state index is 10.7. The zero-order valence-corrected chi connectivity index (χ0v) is 15.6. The number of aromatic carboxylic acids is 2. The highest BCUT2D eigenvalue weighted by molar-refractivity contribution is 5.98. The first-order valence-corrected chi connectivity index (χ1v) is 8.82. The number of carboxylic acid groups (broad SMARTS) is 2. The van der Waals surface area contributed by atoms with Gasteiger partial charge in [-0.1, -0.05) is 48.5 Å². The highest BCUT2D eigenvalue weighted by Crippen LogP contribution is 2.20. The molecule has 0 fully saturated rings. The van der Waals surface area contributed by atoms with Crippen molar-refractivity contribution in [2.75, 3.05) is 0 Å². The van der Waals surface area contributed by atoms with E-state index < -0.39 is 11.9 Å². The Morgan fingerprint density at radius 3 is 1.68 bits per heavy atom. The van der Waals surface area contributed by atoms with Gasteiger partial charge in [0.05, 0.1) is 11.1 Å². The molecular weight excluding hydrogens is 352 g/mol. The molecule has 4 rings (SSSR count). The number of benzene rings is 4. The third-order valence-corrected chi connectivity index (χ3v) is 4.80. The van der Waals surface area contributed by atoms with Gasteiger partial charge in [-0.15, -0.1) is 0 Å². The van der Waals surface area contributed by atoms with E-state index in [0.717, 1.165) is 0 Å². The van der Waals surface area contributed by atoms with Crippen LogP contribution in [0.3, 0.4) is 0 Å². The quantitative estimate of drug-likeness (QED) is 0.474. The first-order chi connectivity index (χ1) is 13.4. The van der Waals surface area contributed by atoms with E-state index in [2.05, 4.69) is 50.2 Å². The van der Waals surface area contributed by atoms with Crippen LogP contribution in [0.2, 0.25) is 0 Å². The van der Waals surface area contributed by atoms with E-state index >= 15 is 0 Å². The average molecular weight is 372 g/mol. The molecule has 0 unspecified atom stereocenters. The van der Waals surface area contributed by atoms with Crippen LogP contribution in [0, 0.1) is 13.8 Å². The molecular formula is C24H20O4. The molecule has 0 amide bonds. The molecule has 0 saturated carbocycles. The summed E-state index contributed by atoms with van der Waals surface area (Å²) in [5.74, 6) is -1.99. The second-order valence-corrected chi connectivity index (χ2v) is 6.62. The molecule has 0 radical (unpaired) electrons. The highest BCUT2D eigenvalue weighted by atomic mass is 16.4. The van der Waals surface area contributed by atoms with Crippen LogP contribution in [-0.4, -0.2) is 22.2 Å². The van der Waals surface area contributed by atoms with Gasteiger partial charge in [0.2, 0.25) is 0 Å². The summed E-state index contributed by atoms with van der Waals surface area (Å²) in [7, 11) is 0. The van der Waals surface area contributed by atoms with Gasteiger partial charge in [-0.2, -0.15) is 0 Å². The van der Waals surface area contributed by atoms with Gasteiger partial charge in [-0.25, -0.2) is 9.59 Å². The first kappa shape index (κ1) is 19.1. The summed E-state index contributed by atoms with van der Waals surface area (Å²) in [4.78, 5) is 21.5. The molecule has 0 aliphatic heterocycles. The Morgan fingerprint density at radius 1 is 0.643 bits per heavy atom. The van der Waals surface area contributed by atoms with Crippen LogP contribution in [0.1, 0.15) is 31.8 Å². The summed E-state index contributed by atoms with van der Waals surface area (Å²) in [6.45, 7) is 4.33. The lowest BCUT2D eigenvalue weighted by Crippen LogP contribution is -1.97. The number of aryl methyl sites for hydroxylation is 2. The van der Waals surface area contributed by atoms with E-state index in [9.17, 15) is 9.59 Å². The summed E-state index contributed by atoms with van der Waals surface area (Å²) < 4.78 is 0. The maximum Gasteiger partial charge on any atom is 0.335 e. The van der Waals surface area contributed by atoms with Crippen molar-refractivity contribution in [3.8, 4) is 0 Å². The number of hydrogen-bond acceptors (Lipinski definition) is 2. The Morgan fingerprint density at radius 2 is 1.14 bits per heavy atom. The molecule has 0 saturated heterocycles. The monoisotopic (exact) mass is 372 g/mol. The van der Waals surface area contributed by atoms with Crippen molar-refractivity contribution in [1.82, 2.24) is 0 Å². The van der Waals surface area contributed by atoms with E-state index in [4.69, 9.17) is 10.2 Å². The van der Waals surface area contributed by atoms with Gasteiger partial charge in [-0.3, -0.25) is 0 Å². The van der Waals surface area contributed by atoms with Crippen molar-refractivity contribution in [3.63, 3.8) is 0 Å². The minimum absolute atomic E-state index is 0.190. The van der Waals surface area contributed by atoms with Crippen molar-refractivity contribution in [3.05, 3.63) is 95.1 Å². The van der Waals surface area contributed by atoms with Crippen molar-refractivity contribution in [1.29, 1.82) is 0 Å². The van der Waals surface area contributed by atoms with Gasteiger partial charge in [0.15, 0.2) is 0 Å². The molecule has 4 aromatic carbocycles. The van der Waals surface area contributed by atoms with Crippen LogP contribution in [0.15, 0.2) is 72.8 Å². The third-order valence-electron chi connectivity index (χ3n) is 4.80. The normalized spacial score (nSPS) is 10.4. The Kier molecular flexibility index (Phi) is 5.41. The Labute approximate surface area is 162 Å². The molecule has 4 heteroatoms. The van der Waals surface area contributed by atoms with E-state index in [-0.39, 0.29) is 11.1 Å². The van der Waals surface area contributed by atoms with E-state index in [0.29, 0.717) is 10.8 Å². The predicted octanol–water partition coefficient (Wildman–Crippen LogP) is 5.69. The zero-order valence-electron chi connectivity index (χ0n) is 15.6. The van der Waals surface area contributed by atoms with Crippen LogP contribution >= 0.6 is 0 Å². The molecule has 0 aliphatic rings. The molecule has 0 bridgehead atoms. The number of carbonyl (C=O) groups is 2. The minimum atomic E-state index is -0.996. The molecule has 28 heavy (non-hydrogen) atoms. The second-order valence-electron chi connectivity index (χ2n) is 6.62. The fraction of sp³-hybridized carbons (Fsp3) is 0.0833. The number of rotatable bonds is 2. The Hall–Kier alpha value is -3.66. The first-order valence-electron chi connectivity index (χ1n) is 8.82. The lowest BCUT2D eigenvalue weighted by atomic mass is 10.0. The van der Waals surface area contributed by atoms with E-state index in [1.165, 1.54) is 46.2 Å². The second kappa shape index (κ2) is 7.92. The molecule has 2 N–H and O–H groups in total. The molecule has 0 aliphatic carbocycles. The Balaban J connectivity index is 0.000000167. The van der Waals surface area contributed by atoms with E-state index in [1.807, 2.05) is 0 Å². The SMILES string of the molecule is Cc1ccc2ccccc2c1C.O=C(O)c1ccc2cc(C(=O)O)ccc2c1. The summed E-state index contributed by atoms with van der Waals surface area (Å²) in [6, 6.07) is 22.0. The highest BCUT2D eigenvalue weighted by Gasteiger charge is 2.06. The summed E-state index contributed by atoms with van der Waals surface area (Å²) in [5.41, 5.74) is 3.15. The summed E-state index contributed by atoms with van der Waals surface area (Å²) in [6.07, 6.45) is 0. The molecule has 0 aromatic heterocycles. The minimum Gasteiger partial charge on any atom is -0.478 e. The lowest BCUT2D eigenvalue weighted by Gasteiger charge is -2.04. The molecule has 0 atom stereocenters. The summed E-state index contributed by atoms with van der Waals surface area (Å²) >= 11 is 0. The summed E-state index contributed by atoms with van der Waals surface area (Å²) in [5, 5.41) is 21.7. The molecule has 140 valence electrons. The predicted molar refractivity (Wildman–Crippen MR) is 111 cm³/mol. The molecule has 4 nitrogen and oxygen atoms in total. The van der Waals surface area contributed by atoms with Crippen LogP contribution in [0.4, 0.5) is 0 Å². The van der Waals surface area contributed by atoms with Gasteiger partial charge in [0.25, 0.3) is 0 Å². The van der Waals surface area contributed by atoms with Gasteiger partial charge in [0.1, 0.15) is 0 Å². The maximum atomic E-state index is 10.7. The van der Waals surface area contributed by atoms with Crippen molar-refractivity contribution >= 4 is 33.5 Å². The largest absolute Gasteiger partial charge is 0.478 e. The number of hydrogen-bond donors (Lipinski definition) is 2. The van der Waals surface area contributed by atoms with Crippen molar-refractivity contribution in [2.24, 2.45) is 0 Å². The van der Waals surface area contributed by atoms with Gasteiger partial charge in [-0.05, 0) is 70.8 Å². The van der Waals surface area contributed by atoms with Crippen molar-refractivity contribution in [2.45, 2.75) is 13.8 Å². The van der Waals surface area contributed by atoms with Crippen LogP contribution in [0.25, 0.3) is 21.5 Å². The average Bonchev–Trinajstić information content (AvgIpc) is 2.70. The topological polar surface area (TPSA) is 74.6 Å². The van der Waals surface area contributed by atoms with Gasteiger partial charge < -0.3 is 10.2 Å². The Bertz CT molecular complexity index is 1140. The number of carboxylic acids is 2. The fourth-order valence-corrected chi connectivity index (χ4v) is 3.05. The standard InChI is InChI=1S/C12H8O4.C12H12/c13-11(14)9-3-1-7-5-10(12(15)16)4-2-8(7)6-9;1-9-7-8-11-5-3-4-6-12(11)10(9)2/h1-6H,(H,13,14)(H,15,16);3-8H,1-2H3. The van der Waals surface area contributed by atoms with Gasteiger partial charge >= 0.3 is 11.9 Å². The zero-order chi connectivity index (χ0) is 20.3.